The summed E-state index contributed by atoms with van der Waals surface area (Å²) in [5.74, 6) is 0.906. The molecule has 2 rings (SSSR count). The van der Waals surface area contributed by atoms with Gasteiger partial charge >= 0.3 is 0 Å². The zero-order valence-electron chi connectivity index (χ0n) is 12.4. The van der Waals surface area contributed by atoms with E-state index in [9.17, 15) is 0 Å². The van der Waals surface area contributed by atoms with Crippen LogP contribution >= 0.6 is 12.2 Å². The topological polar surface area (TPSA) is 24.5 Å². The number of likely N-dealkylation sites (tertiary alicyclic amines) is 1. The van der Waals surface area contributed by atoms with Gasteiger partial charge in [-0.05, 0) is 49.7 Å². The van der Waals surface area contributed by atoms with Gasteiger partial charge in [0, 0.05) is 13.1 Å². The number of methoxy groups -OCH3 is 1. The van der Waals surface area contributed by atoms with Crippen molar-refractivity contribution >= 4 is 17.3 Å². The van der Waals surface area contributed by atoms with Gasteiger partial charge in [-0.1, -0.05) is 25.0 Å². The van der Waals surface area contributed by atoms with Crippen molar-refractivity contribution in [2.24, 2.45) is 0 Å². The molecule has 1 aromatic carbocycles. The first-order valence-corrected chi connectivity index (χ1v) is 7.85. The molecule has 0 radical (unpaired) electrons. The Morgan fingerprint density at radius 2 is 2.05 bits per heavy atom. The number of nitrogens with one attached hydrogen (secondary N) is 1. The van der Waals surface area contributed by atoms with Gasteiger partial charge in [0.15, 0.2) is 5.11 Å². The number of hydrogen-bond acceptors (Lipinski definition) is 2. The van der Waals surface area contributed by atoms with Crippen molar-refractivity contribution in [3.63, 3.8) is 0 Å². The van der Waals surface area contributed by atoms with E-state index in [-0.39, 0.29) is 0 Å². The molecule has 0 amide bonds. The van der Waals surface area contributed by atoms with Crippen LogP contribution in [-0.2, 0) is 0 Å². The highest BCUT2D eigenvalue weighted by atomic mass is 32.1. The number of hydrogen-bond donors (Lipinski definition) is 1. The molecule has 0 spiro atoms. The third kappa shape index (κ3) is 3.63. The van der Waals surface area contributed by atoms with Gasteiger partial charge in [0.2, 0.25) is 0 Å². The van der Waals surface area contributed by atoms with E-state index in [0.29, 0.717) is 6.04 Å². The molecule has 1 aromatic rings. The fourth-order valence-corrected chi connectivity index (χ4v) is 3.14. The monoisotopic (exact) mass is 292 g/mol. The third-order valence-electron chi connectivity index (χ3n) is 3.84. The fourth-order valence-electron chi connectivity index (χ4n) is 2.78. The van der Waals surface area contributed by atoms with Crippen LogP contribution in [0.2, 0.25) is 0 Å². The highest BCUT2D eigenvalue weighted by Crippen LogP contribution is 2.31. The van der Waals surface area contributed by atoms with Crippen LogP contribution in [0.3, 0.4) is 0 Å². The lowest BCUT2D eigenvalue weighted by Gasteiger charge is -2.32. The Morgan fingerprint density at radius 3 is 2.70 bits per heavy atom. The molecule has 0 aromatic heterocycles. The quantitative estimate of drug-likeness (QED) is 0.862. The van der Waals surface area contributed by atoms with Gasteiger partial charge in [-0.3, -0.25) is 0 Å². The predicted octanol–water partition coefficient (Wildman–Crippen LogP) is 3.51. The summed E-state index contributed by atoms with van der Waals surface area (Å²) in [5, 5.41) is 4.18. The zero-order valence-corrected chi connectivity index (χ0v) is 13.2. The standard InChI is InChI=1S/C16H24N2OS/c1-3-17-16(20)18-12-6-4-5-7-15(18)13-8-10-14(19-2)11-9-13/h8-11,15H,3-7,12H2,1-2H3,(H,17,20)/t15-/m0/s1. The number of benzene rings is 1. The molecule has 0 saturated carbocycles. The van der Waals surface area contributed by atoms with E-state index in [1.54, 1.807) is 7.11 Å². The lowest BCUT2D eigenvalue weighted by Crippen LogP contribution is -2.41. The Labute approximate surface area is 127 Å². The van der Waals surface area contributed by atoms with Crippen molar-refractivity contribution < 1.29 is 4.74 Å². The first-order valence-electron chi connectivity index (χ1n) is 7.44. The summed E-state index contributed by atoms with van der Waals surface area (Å²) in [4.78, 5) is 2.35. The van der Waals surface area contributed by atoms with E-state index < -0.39 is 0 Å². The summed E-state index contributed by atoms with van der Waals surface area (Å²) < 4.78 is 5.24. The van der Waals surface area contributed by atoms with Crippen LogP contribution in [-0.4, -0.2) is 30.2 Å². The summed E-state index contributed by atoms with van der Waals surface area (Å²) in [6, 6.07) is 8.78. The molecule has 1 aliphatic rings. The lowest BCUT2D eigenvalue weighted by atomic mass is 10.0. The number of nitrogens with zero attached hydrogens (tertiary/aromatic N) is 1. The molecule has 1 heterocycles. The van der Waals surface area contributed by atoms with Crippen LogP contribution in [0.15, 0.2) is 24.3 Å². The Hall–Kier alpha value is -1.29. The molecular formula is C16H24N2OS. The first-order chi connectivity index (χ1) is 9.76. The third-order valence-corrected chi connectivity index (χ3v) is 4.22. The SMILES string of the molecule is CCNC(=S)N1CCCCC[C@H]1c1ccc(OC)cc1. The van der Waals surface area contributed by atoms with Crippen molar-refractivity contribution in [2.45, 2.75) is 38.6 Å². The molecule has 110 valence electrons. The minimum atomic E-state index is 0.384. The minimum absolute atomic E-state index is 0.384. The molecule has 1 fully saturated rings. The summed E-state index contributed by atoms with van der Waals surface area (Å²) >= 11 is 5.55. The van der Waals surface area contributed by atoms with Gasteiger partial charge < -0.3 is 15.0 Å². The van der Waals surface area contributed by atoms with Gasteiger partial charge in [0.25, 0.3) is 0 Å². The van der Waals surface area contributed by atoms with Crippen LogP contribution in [0.4, 0.5) is 0 Å². The van der Waals surface area contributed by atoms with E-state index in [1.807, 2.05) is 12.1 Å². The van der Waals surface area contributed by atoms with E-state index in [2.05, 4.69) is 29.3 Å². The molecule has 1 aliphatic heterocycles. The van der Waals surface area contributed by atoms with Crippen molar-refractivity contribution in [3.8, 4) is 5.75 Å². The summed E-state index contributed by atoms with van der Waals surface area (Å²) in [5.41, 5.74) is 1.33. The Morgan fingerprint density at radius 1 is 1.30 bits per heavy atom. The van der Waals surface area contributed by atoms with Crippen LogP contribution in [0.1, 0.15) is 44.2 Å². The largest absolute Gasteiger partial charge is 0.497 e. The second-order valence-electron chi connectivity index (χ2n) is 5.17. The average molecular weight is 292 g/mol. The molecule has 1 N–H and O–H groups in total. The van der Waals surface area contributed by atoms with Crippen LogP contribution in [0.25, 0.3) is 0 Å². The smallest absolute Gasteiger partial charge is 0.169 e. The number of thiocarbonyl (C=S) groups is 1. The van der Waals surface area contributed by atoms with E-state index in [0.717, 1.165) is 30.4 Å². The fraction of sp³-hybridized carbons (Fsp3) is 0.562. The van der Waals surface area contributed by atoms with Crippen molar-refractivity contribution in [3.05, 3.63) is 29.8 Å². The maximum atomic E-state index is 5.55. The van der Waals surface area contributed by atoms with Crippen LogP contribution < -0.4 is 10.1 Å². The normalized spacial score (nSPS) is 19.3. The highest BCUT2D eigenvalue weighted by Gasteiger charge is 2.24. The summed E-state index contributed by atoms with van der Waals surface area (Å²) in [6.07, 6.45) is 4.94. The minimum Gasteiger partial charge on any atom is -0.497 e. The lowest BCUT2D eigenvalue weighted by molar-refractivity contribution is 0.317. The molecule has 1 atom stereocenters. The number of ether oxygens (including phenoxy) is 1. The molecule has 0 unspecified atom stereocenters. The van der Waals surface area contributed by atoms with E-state index in [4.69, 9.17) is 17.0 Å². The maximum absolute atomic E-state index is 5.55. The first kappa shape index (κ1) is 15.1. The van der Waals surface area contributed by atoms with Gasteiger partial charge in [0.05, 0.1) is 13.2 Å². The van der Waals surface area contributed by atoms with Crippen LogP contribution in [0, 0.1) is 0 Å². The second kappa shape index (κ2) is 7.48. The van der Waals surface area contributed by atoms with Gasteiger partial charge in [-0.2, -0.15) is 0 Å². The van der Waals surface area contributed by atoms with E-state index in [1.165, 1.54) is 24.8 Å². The maximum Gasteiger partial charge on any atom is 0.169 e. The Balaban J connectivity index is 2.20. The summed E-state index contributed by atoms with van der Waals surface area (Å²) in [7, 11) is 1.70. The van der Waals surface area contributed by atoms with Gasteiger partial charge in [-0.15, -0.1) is 0 Å². The molecule has 1 saturated heterocycles. The molecule has 0 aliphatic carbocycles. The zero-order chi connectivity index (χ0) is 14.4. The summed E-state index contributed by atoms with van der Waals surface area (Å²) in [6.45, 7) is 4.01. The Bertz CT molecular complexity index is 433. The van der Waals surface area contributed by atoms with E-state index >= 15 is 0 Å². The number of rotatable bonds is 3. The Kier molecular flexibility index (Phi) is 5.65. The van der Waals surface area contributed by atoms with Crippen molar-refractivity contribution in [2.75, 3.05) is 20.2 Å². The predicted molar refractivity (Wildman–Crippen MR) is 87.2 cm³/mol. The molecule has 3 nitrogen and oxygen atoms in total. The van der Waals surface area contributed by atoms with Crippen molar-refractivity contribution in [1.82, 2.24) is 10.2 Å². The van der Waals surface area contributed by atoms with Gasteiger partial charge in [-0.25, -0.2) is 0 Å². The highest BCUT2D eigenvalue weighted by molar-refractivity contribution is 7.80. The van der Waals surface area contributed by atoms with Gasteiger partial charge in [0.1, 0.15) is 5.75 Å². The molecule has 4 heteroatoms. The van der Waals surface area contributed by atoms with Crippen molar-refractivity contribution in [1.29, 1.82) is 0 Å². The molecular weight excluding hydrogens is 268 g/mol. The second-order valence-corrected chi connectivity index (χ2v) is 5.55. The average Bonchev–Trinajstić information content (AvgIpc) is 2.73. The molecule has 20 heavy (non-hydrogen) atoms. The van der Waals surface area contributed by atoms with Crippen LogP contribution in [0.5, 0.6) is 5.75 Å². The molecule has 0 bridgehead atoms.